The van der Waals surface area contributed by atoms with Gasteiger partial charge in [0.2, 0.25) is 0 Å². The average molecular weight is 484 g/mol. The number of anilines is 1. The van der Waals surface area contributed by atoms with E-state index in [4.69, 9.17) is 4.98 Å². The maximum absolute atomic E-state index is 13.3. The molecule has 5 rings (SSSR count). The molecular weight excluding hydrogens is 458 g/mol. The van der Waals surface area contributed by atoms with Gasteiger partial charge in [-0.1, -0.05) is 32.0 Å². The van der Waals surface area contributed by atoms with Gasteiger partial charge in [-0.05, 0) is 66.9 Å². The lowest BCUT2D eigenvalue weighted by Crippen LogP contribution is -2.31. The number of aromatic nitrogens is 2. The van der Waals surface area contributed by atoms with Crippen LogP contribution in [0.5, 0.6) is 5.75 Å². The molecule has 0 aliphatic heterocycles. The number of nitrogens with one attached hydrogen (secondary N) is 1. The van der Waals surface area contributed by atoms with Crippen molar-refractivity contribution in [1.82, 2.24) is 9.55 Å². The van der Waals surface area contributed by atoms with E-state index in [9.17, 15) is 14.7 Å². The Hall–Kier alpha value is -3.97. The summed E-state index contributed by atoms with van der Waals surface area (Å²) in [6.07, 6.45) is 0. The van der Waals surface area contributed by atoms with E-state index in [0.29, 0.717) is 23.1 Å². The molecule has 2 N–H and O–H groups in total. The SMILES string of the molecule is Cc1ccc2nc(-c3ccc(NC(=O)c4c(O)c5ccccc5n(CC(C)C)c4=O)cc3)sc2c1. The summed E-state index contributed by atoms with van der Waals surface area (Å²) < 4.78 is 2.69. The Morgan fingerprint density at radius 2 is 1.83 bits per heavy atom. The van der Waals surface area contributed by atoms with Gasteiger partial charge in [0.1, 0.15) is 16.3 Å². The molecule has 176 valence electrons. The molecule has 7 heteroatoms. The minimum Gasteiger partial charge on any atom is -0.506 e. The van der Waals surface area contributed by atoms with E-state index in [2.05, 4.69) is 18.3 Å². The number of amides is 1. The van der Waals surface area contributed by atoms with E-state index in [1.54, 1.807) is 46.2 Å². The summed E-state index contributed by atoms with van der Waals surface area (Å²) in [5.74, 6) is -0.751. The van der Waals surface area contributed by atoms with Gasteiger partial charge in [-0.2, -0.15) is 0 Å². The summed E-state index contributed by atoms with van der Waals surface area (Å²) in [7, 11) is 0. The monoisotopic (exact) mass is 483 g/mol. The standard InChI is InChI=1S/C28H25N3O3S/c1-16(2)15-31-22-7-5-4-6-20(22)25(32)24(28(31)34)26(33)29-19-11-9-18(10-12-19)27-30-21-13-8-17(3)14-23(21)35-27/h4-14,16,32H,15H2,1-3H3,(H,29,33). The molecule has 0 fully saturated rings. The molecule has 0 saturated carbocycles. The van der Waals surface area contributed by atoms with Gasteiger partial charge in [0.15, 0.2) is 0 Å². The third-order valence-corrected chi connectivity index (χ3v) is 6.92. The molecule has 0 bridgehead atoms. The Kier molecular flexibility index (Phi) is 5.86. The number of aromatic hydroxyl groups is 1. The number of nitrogens with zero attached hydrogens (tertiary/aromatic N) is 2. The topological polar surface area (TPSA) is 84.2 Å². The molecule has 6 nitrogen and oxygen atoms in total. The van der Waals surface area contributed by atoms with Crippen LogP contribution in [0.2, 0.25) is 0 Å². The zero-order chi connectivity index (χ0) is 24.7. The van der Waals surface area contributed by atoms with Crippen molar-refractivity contribution >= 4 is 44.1 Å². The summed E-state index contributed by atoms with van der Waals surface area (Å²) in [5, 5.41) is 15.0. The largest absolute Gasteiger partial charge is 0.506 e. The lowest BCUT2D eigenvalue weighted by molar-refractivity contribution is 0.102. The van der Waals surface area contributed by atoms with Crippen molar-refractivity contribution < 1.29 is 9.90 Å². The number of carbonyl (C=O) groups excluding carboxylic acids is 1. The number of carbonyl (C=O) groups is 1. The number of thiazole rings is 1. The quantitative estimate of drug-likeness (QED) is 0.312. The van der Waals surface area contributed by atoms with Crippen LogP contribution in [-0.2, 0) is 6.54 Å². The summed E-state index contributed by atoms with van der Waals surface area (Å²) in [4.78, 5) is 31.1. The van der Waals surface area contributed by atoms with Crippen LogP contribution in [0.15, 0.2) is 71.5 Å². The van der Waals surface area contributed by atoms with E-state index in [1.165, 1.54) is 5.56 Å². The highest BCUT2D eigenvalue weighted by Crippen LogP contribution is 2.32. The van der Waals surface area contributed by atoms with E-state index in [-0.39, 0.29) is 17.2 Å². The van der Waals surface area contributed by atoms with Crippen molar-refractivity contribution in [2.45, 2.75) is 27.3 Å². The van der Waals surface area contributed by atoms with Crippen LogP contribution in [0.4, 0.5) is 5.69 Å². The van der Waals surface area contributed by atoms with Crippen molar-refractivity contribution in [2.75, 3.05) is 5.32 Å². The molecule has 0 unspecified atom stereocenters. The second kappa shape index (κ2) is 9.00. The molecule has 0 spiro atoms. The Morgan fingerprint density at radius 1 is 1.09 bits per heavy atom. The van der Waals surface area contributed by atoms with Crippen molar-refractivity contribution in [3.05, 3.63) is 88.2 Å². The molecule has 0 radical (unpaired) electrons. The van der Waals surface area contributed by atoms with Crippen LogP contribution in [0.1, 0.15) is 29.8 Å². The first-order valence-corrected chi connectivity index (χ1v) is 12.3. The second-order valence-corrected chi connectivity index (χ2v) is 10.1. The molecular formula is C28H25N3O3S. The number of benzene rings is 3. The normalized spacial score (nSPS) is 11.4. The first-order valence-electron chi connectivity index (χ1n) is 11.5. The van der Waals surface area contributed by atoms with Gasteiger partial charge in [-0.3, -0.25) is 9.59 Å². The number of fused-ring (bicyclic) bond motifs is 2. The van der Waals surface area contributed by atoms with Crippen molar-refractivity contribution in [3.8, 4) is 16.3 Å². The van der Waals surface area contributed by atoms with Crippen molar-refractivity contribution in [2.24, 2.45) is 5.92 Å². The Bertz CT molecular complexity index is 1630. The highest BCUT2D eigenvalue weighted by atomic mass is 32.1. The van der Waals surface area contributed by atoms with Crippen LogP contribution in [0, 0.1) is 12.8 Å². The van der Waals surface area contributed by atoms with Crippen molar-refractivity contribution in [1.29, 1.82) is 0 Å². The molecule has 0 aliphatic rings. The predicted octanol–water partition coefficient (Wildman–Crippen LogP) is 6.20. The average Bonchev–Trinajstić information content (AvgIpc) is 3.25. The molecule has 0 saturated heterocycles. The van der Waals surface area contributed by atoms with Gasteiger partial charge in [-0.15, -0.1) is 11.3 Å². The Labute approximate surface area is 206 Å². The summed E-state index contributed by atoms with van der Waals surface area (Å²) in [6.45, 7) is 6.50. The maximum atomic E-state index is 13.3. The Balaban J connectivity index is 1.46. The van der Waals surface area contributed by atoms with Crippen LogP contribution in [0.3, 0.4) is 0 Å². The highest BCUT2D eigenvalue weighted by Gasteiger charge is 2.22. The van der Waals surface area contributed by atoms with Gasteiger partial charge in [0.05, 0.1) is 15.7 Å². The third-order valence-electron chi connectivity index (χ3n) is 5.85. The number of rotatable bonds is 5. The molecule has 0 atom stereocenters. The fourth-order valence-electron chi connectivity index (χ4n) is 4.19. The predicted molar refractivity (Wildman–Crippen MR) is 142 cm³/mol. The molecule has 1 amide bonds. The fraction of sp³-hybridized carbons (Fsp3) is 0.179. The van der Waals surface area contributed by atoms with E-state index in [1.807, 2.05) is 44.2 Å². The number of para-hydroxylation sites is 1. The number of aryl methyl sites for hydroxylation is 1. The Morgan fingerprint density at radius 3 is 2.57 bits per heavy atom. The molecule has 0 aliphatic carbocycles. The van der Waals surface area contributed by atoms with Crippen LogP contribution < -0.4 is 10.9 Å². The smallest absolute Gasteiger partial charge is 0.267 e. The third kappa shape index (κ3) is 4.31. The zero-order valence-electron chi connectivity index (χ0n) is 19.7. The zero-order valence-corrected chi connectivity index (χ0v) is 20.5. The molecule has 35 heavy (non-hydrogen) atoms. The van der Waals surface area contributed by atoms with Crippen LogP contribution in [-0.4, -0.2) is 20.6 Å². The summed E-state index contributed by atoms with van der Waals surface area (Å²) in [6, 6.07) is 20.6. The van der Waals surface area contributed by atoms with Gasteiger partial charge in [0, 0.05) is 23.2 Å². The number of pyridine rings is 1. The van der Waals surface area contributed by atoms with Gasteiger partial charge < -0.3 is 15.0 Å². The van der Waals surface area contributed by atoms with Crippen LogP contribution >= 0.6 is 11.3 Å². The lowest BCUT2D eigenvalue weighted by Gasteiger charge is -2.16. The summed E-state index contributed by atoms with van der Waals surface area (Å²) >= 11 is 1.62. The fourth-order valence-corrected chi connectivity index (χ4v) is 5.25. The van der Waals surface area contributed by atoms with E-state index in [0.717, 1.165) is 20.8 Å². The number of hydrogen-bond acceptors (Lipinski definition) is 5. The number of hydrogen-bond donors (Lipinski definition) is 2. The molecule has 3 aromatic carbocycles. The van der Waals surface area contributed by atoms with Crippen molar-refractivity contribution in [3.63, 3.8) is 0 Å². The second-order valence-electron chi connectivity index (χ2n) is 9.07. The van der Waals surface area contributed by atoms with Gasteiger partial charge >= 0.3 is 0 Å². The van der Waals surface area contributed by atoms with Crippen LogP contribution in [0.25, 0.3) is 31.7 Å². The highest BCUT2D eigenvalue weighted by molar-refractivity contribution is 7.21. The molecule has 2 aromatic heterocycles. The van der Waals surface area contributed by atoms with Gasteiger partial charge in [-0.25, -0.2) is 4.98 Å². The van der Waals surface area contributed by atoms with Gasteiger partial charge in [0.25, 0.3) is 11.5 Å². The van der Waals surface area contributed by atoms with E-state index < -0.39 is 11.5 Å². The lowest BCUT2D eigenvalue weighted by atomic mass is 10.1. The molecule has 5 aromatic rings. The minimum absolute atomic E-state index is 0.190. The maximum Gasteiger partial charge on any atom is 0.267 e. The van der Waals surface area contributed by atoms with E-state index >= 15 is 0 Å². The first-order chi connectivity index (χ1) is 16.8. The minimum atomic E-state index is -0.640. The molecule has 2 heterocycles. The summed E-state index contributed by atoms with van der Waals surface area (Å²) in [5.41, 5.74) is 3.46. The first kappa shape index (κ1) is 22.8.